The summed E-state index contributed by atoms with van der Waals surface area (Å²) < 4.78 is 11.4. The van der Waals surface area contributed by atoms with Crippen molar-refractivity contribution >= 4 is 12.2 Å². The number of likely N-dealkylation sites (tertiary alicyclic amines) is 1. The first-order valence-corrected chi connectivity index (χ1v) is 8.24. The highest BCUT2D eigenvalue weighted by atomic mass is 16.6. The molecule has 0 bridgehead atoms. The molecule has 0 aliphatic carbocycles. The second-order valence-corrected chi connectivity index (χ2v) is 7.43. The van der Waals surface area contributed by atoms with Crippen molar-refractivity contribution < 1.29 is 14.3 Å². The minimum Gasteiger partial charge on any atom is -0.479 e. The van der Waals surface area contributed by atoms with Crippen LogP contribution in [-0.2, 0) is 9.47 Å². The number of epoxide rings is 1. The van der Waals surface area contributed by atoms with Gasteiger partial charge >= 0.3 is 6.09 Å². The third-order valence-electron chi connectivity index (χ3n) is 4.41. The smallest absolute Gasteiger partial charge is 0.410 e. The van der Waals surface area contributed by atoms with Gasteiger partial charge in [0.15, 0.2) is 5.60 Å². The van der Waals surface area contributed by atoms with Crippen LogP contribution in [-0.4, -0.2) is 35.3 Å². The molecule has 0 radical (unpaired) electrons. The van der Waals surface area contributed by atoms with Crippen molar-refractivity contribution in [2.24, 2.45) is 0 Å². The number of carbonyl (C=O) groups excluding carboxylic acids is 1. The van der Waals surface area contributed by atoms with E-state index in [4.69, 9.17) is 9.47 Å². The van der Waals surface area contributed by atoms with Gasteiger partial charge in [0.2, 0.25) is 0 Å². The van der Waals surface area contributed by atoms with E-state index in [0.29, 0.717) is 13.1 Å². The molecule has 2 saturated heterocycles. The number of hydrogen-bond acceptors (Lipinski definition) is 3. The topological polar surface area (TPSA) is 42.1 Å². The Labute approximate surface area is 138 Å². The molecule has 0 aromatic heterocycles. The molecule has 1 aromatic carbocycles. The first-order valence-electron chi connectivity index (χ1n) is 8.24. The molecule has 2 heterocycles. The van der Waals surface area contributed by atoms with Crippen LogP contribution in [0.1, 0.15) is 44.7 Å². The lowest BCUT2D eigenvalue weighted by molar-refractivity contribution is 0.0165. The number of amides is 1. The van der Waals surface area contributed by atoms with Crippen LogP contribution >= 0.6 is 0 Å². The van der Waals surface area contributed by atoms with Gasteiger partial charge in [0.1, 0.15) is 11.4 Å². The largest absolute Gasteiger partial charge is 0.479 e. The second kappa shape index (κ2) is 5.59. The Kier molecular flexibility index (Phi) is 3.86. The van der Waals surface area contributed by atoms with Gasteiger partial charge < -0.3 is 14.4 Å². The van der Waals surface area contributed by atoms with E-state index in [-0.39, 0.29) is 11.7 Å². The van der Waals surface area contributed by atoms with Crippen molar-refractivity contribution in [3.8, 4) is 0 Å². The summed E-state index contributed by atoms with van der Waals surface area (Å²) in [4.78, 5) is 13.9. The molecule has 4 nitrogen and oxygen atoms in total. The second-order valence-electron chi connectivity index (χ2n) is 7.43. The summed E-state index contributed by atoms with van der Waals surface area (Å²) >= 11 is 0. The number of rotatable bonds is 1. The van der Waals surface area contributed by atoms with E-state index in [1.807, 2.05) is 32.9 Å². The van der Waals surface area contributed by atoms with Crippen molar-refractivity contribution in [1.29, 1.82) is 0 Å². The first-order chi connectivity index (χ1) is 10.8. The summed E-state index contributed by atoms with van der Waals surface area (Å²) in [6.07, 6.45) is 3.59. The molecule has 4 heteroatoms. The number of ether oxygens (including phenoxy) is 2. The van der Waals surface area contributed by atoms with Crippen molar-refractivity contribution in [3.05, 3.63) is 41.2 Å². The lowest BCUT2D eigenvalue weighted by atomic mass is 9.94. The zero-order chi connectivity index (χ0) is 16.7. The third-order valence-corrected chi connectivity index (χ3v) is 4.41. The SMILES string of the molecule is Cc1ccccc1C=C1OC12CCN(C(=O)OC(C)(C)C)CC2. The highest BCUT2D eigenvalue weighted by molar-refractivity contribution is 5.68. The Morgan fingerprint density at radius 2 is 1.91 bits per heavy atom. The summed E-state index contributed by atoms with van der Waals surface area (Å²) in [7, 11) is 0. The van der Waals surface area contributed by atoms with Gasteiger partial charge in [-0.3, -0.25) is 0 Å². The van der Waals surface area contributed by atoms with Crippen LogP contribution in [0.15, 0.2) is 30.0 Å². The highest BCUT2D eigenvalue weighted by Gasteiger charge is 2.54. The molecule has 1 aromatic rings. The maximum atomic E-state index is 12.1. The molecule has 124 valence electrons. The molecule has 23 heavy (non-hydrogen) atoms. The van der Waals surface area contributed by atoms with Gasteiger partial charge in [-0.05, 0) is 44.9 Å². The minimum atomic E-state index is -0.446. The van der Waals surface area contributed by atoms with Crippen LogP contribution in [0.5, 0.6) is 0 Å². The average molecular weight is 315 g/mol. The molecule has 0 saturated carbocycles. The minimum absolute atomic E-state index is 0.152. The fourth-order valence-corrected chi connectivity index (χ4v) is 2.96. The Bertz CT molecular complexity index is 634. The lowest BCUT2D eigenvalue weighted by Crippen LogP contribution is -2.43. The maximum absolute atomic E-state index is 12.1. The summed E-state index contributed by atoms with van der Waals surface area (Å²) in [5.74, 6) is 1.05. The zero-order valence-electron chi connectivity index (χ0n) is 14.4. The van der Waals surface area contributed by atoms with Crippen LogP contribution in [0.4, 0.5) is 4.79 Å². The quantitative estimate of drug-likeness (QED) is 0.732. The predicted octanol–water partition coefficient (Wildman–Crippen LogP) is 4.14. The van der Waals surface area contributed by atoms with E-state index in [1.165, 1.54) is 11.1 Å². The Morgan fingerprint density at radius 1 is 1.26 bits per heavy atom. The number of hydrogen-bond donors (Lipinski definition) is 0. The third kappa shape index (κ3) is 3.52. The van der Waals surface area contributed by atoms with Gasteiger partial charge in [-0.25, -0.2) is 4.79 Å². The van der Waals surface area contributed by atoms with E-state index in [1.54, 1.807) is 4.90 Å². The number of benzene rings is 1. The van der Waals surface area contributed by atoms with Gasteiger partial charge in [-0.15, -0.1) is 0 Å². The van der Waals surface area contributed by atoms with E-state index < -0.39 is 5.60 Å². The average Bonchev–Trinajstić information content (AvgIpc) is 3.12. The van der Waals surface area contributed by atoms with Crippen molar-refractivity contribution in [3.63, 3.8) is 0 Å². The number of nitrogens with zero attached hydrogens (tertiary/aromatic N) is 1. The summed E-state index contributed by atoms with van der Waals surface area (Å²) in [6.45, 7) is 9.14. The zero-order valence-corrected chi connectivity index (χ0v) is 14.4. The molecule has 2 aliphatic rings. The van der Waals surface area contributed by atoms with Crippen molar-refractivity contribution in [2.75, 3.05) is 13.1 Å². The predicted molar refractivity (Wildman–Crippen MR) is 90.0 cm³/mol. The molecule has 0 unspecified atom stereocenters. The molecule has 3 rings (SSSR count). The summed E-state index contributed by atoms with van der Waals surface area (Å²) in [5.41, 5.74) is 1.85. The number of carbonyl (C=O) groups is 1. The standard InChI is InChI=1S/C19H25NO3/c1-14-7-5-6-8-15(14)13-16-19(22-16)9-11-20(12-10-19)17(21)23-18(2,3)4/h5-8,13H,9-12H2,1-4H3. The summed E-state index contributed by atoms with van der Waals surface area (Å²) in [5, 5.41) is 0. The molecule has 0 atom stereocenters. The molecule has 1 spiro atoms. The molecule has 0 N–H and O–H groups in total. The molecule has 1 amide bonds. The fourth-order valence-electron chi connectivity index (χ4n) is 2.96. The Hall–Kier alpha value is -1.97. The van der Waals surface area contributed by atoms with Crippen LogP contribution in [0.2, 0.25) is 0 Å². The van der Waals surface area contributed by atoms with Crippen LogP contribution < -0.4 is 0 Å². The van der Waals surface area contributed by atoms with Gasteiger partial charge in [0.05, 0.1) is 0 Å². The molecular weight excluding hydrogens is 290 g/mol. The van der Waals surface area contributed by atoms with E-state index in [9.17, 15) is 4.79 Å². The van der Waals surface area contributed by atoms with Crippen LogP contribution in [0.3, 0.4) is 0 Å². The van der Waals surface area contributed by atoms with Crippen LogP contribution in [0, 0.1) is 6.92 Å². The molecule has 2 fully saturated rings. The van der Waals surface area contributed by atoms with Gasteiger partial charge in [-0.2, -0.15) is 0 Å². The fraction of sp³-hybridized carbons (Fsp3) is 0.526. The highest BCUT2D eigenvalue weighted by Crippen LogP contribution is 2.50. The number of aryl methyl sites for hydroxylation is 1. The molecular formula is C19H25NO3. The summed E-state index contributed by atoms with van der Waals surface area (Å²) in [6, 6.07) is 8.29. The van der Waals surface area contributed by atoms with Crippen LogP contribution in [0.25, 0.3) is 6.08 Å². The Balaban J connectivity index is 1.60. The molecule has 2 aliphatic heterocycles. The van der Waals surface area contributed by atoms with Crippen molar-refractivity contribution in [1.82, 2.24) is 4.90 Å². The van der Waals surface area contributed by atoms with Gasteiger partial charge in [0.25, 0.3) is 0 Å². The van der Waals surface area contributed by atoms with E-state index in [0.717, 1.165) is 18.6 Å². The monoisotopic (exact) mass is 315 g/mol. The van der Waals surface area contributed by atoms with Crippen molar-refractivity contribution in [2.45, 2.75) is 51.7 Å². The normalized spacial score (nSPS) is 21.2. The first kappa shape index (κ1) is 15.9. The maximum Gasteiger partial charge on any atom is 0.410 e. The van der Waals surface area contributed by atoms with Gasteiger partial charge in [-0.1, -0.05) is 24.3 Å². The van der Waals surface area contributed by atoms with E-state index >= 15 is 0 Å². The van der Waals surface area contributed by atoms with Gasteiger partial charge in [0, 0.05) is 25.9 Å². The number of piperidine rings is 1. The van der Waals surface area contributed by atoms with E-state index in [2.05, 4.69) is 25.1 Å². The lowest BCUT2D eigenvalue weighted by Gasteiger charge is -2.31. The Morgan fingerprint density at radius 3 is 2.52 bits per heavy atom.